The van der Waals surface area contributed by atoms with Crippen molar-refractivity contribution in [2.45, 2.75) is 32.9 Å². The van der Waals surface area contributed by atoms with Gasteiger partial charge in [0.05, 0.1) is 0 Å². The third kappa shape index (κ3) is 4.50. The highest BCUT2D eigenvalue weighted by atomic mass is 35.5. The van der Waals surface area contributed by atoms with E-state index in [1.54, 1.807) is 0 Å². The van der Waals surface area contributed by atoms with Crippen molar-refractivity contribution in [2.24, 2.45) is 0 Å². The number of aryl methyl sites for hydroxylation is 1. The second kappa shape index (κ2) is 7.85. The molecule has 0 aliphatic heterocycles. The lowest BCUT2D eigenvalue weighted by atomic mass is 10.2. The number of carbonyl (C=O) groups excluding carboxylic acids is 1. The molecule has 0 radical (unpaired) electrons. The van der Waals surface area contributed by atoms with Crippen LogP contribution < -0.4 is 10.1 Å². The third-order valence-corrected chi connectivity index (χ3v) is 3.74. The fraction of sp³-hybridized carbons (Fsp3) is 0.278. The number of carbonyl (C=O) groups is 1. The first-order valence-electron chi connectivity index (χ1n) is 7.34. The van der Waals surface area contributed by atoms with Gasteiger partial charge >= 0.3 is 0 Å². The third-order valence-electron chi connectivity index (χ3n) is 3.37. The van der Waals surface area contributed by atoms with Crippen LogP contribution in [0.2, 0.25) is 5.02 Å². The molecule has 0 aliphatic rings. The van der Waals surface area contributed by atoms with Crippen LogP contribution in [0.5, 0.6) is 5.75 Å². The molecule has 0 bridgehead atoms. The number of hydrogen-bond donors (Lipinski definition) is 1. The molecule has 4 heteroatoms. The van der Waals surface area contributed by atoms with Gasteiger partial charge in [-0.1, -0.05) is 54.4 Å². The Labute approximate surface area is 136 Å². The van der Waals surface area contributed by atoms with E-state index in [0.717, 1.165) is 11.1 Å². The van der Waals surface area contributed by atoms with Crippen molar-refractivity contribution in [2.75, 3.05) is 0 Å². The minimum absolute atomic E-state index is 0.136. The lowest BCUT2D eigenvalue weighted by molar-refractivity contribution is -0.128. The Bertz CT molecular complexity index is 625. The highest BCUT2D eigenvalue weighted by Gasteiger charge is 2.18. The first-order valence-corrected chi connectivity index (χ1v) is 7.72. The quantitative estimate of drug-likeness (QED) is 0.870. The fourth-order valence-electron chi connectivity index (χ4n) is 2.04. The number of ether oxygens (including phenoxy) is 1. The summed E-state index contributed by atoms with van der Waals surface area (Å²) < 4.78 is 5.75. The van der Waals surface area contributed by atoms with Crippen LogP contribution >= 0.6 is 11.6 Å². The Morgan fingerprint density at radius 2 is 1.86 bits per heavy atom. The van der Waals surface area contributed by atoms with Crippen molar-refractivity contribution < 1.29 is 9.53 Å². The average molecular weight is 318 g/mol. The highest BCUT2D eigenvalue weighted by molar-refractivity contribution is 6.31. The first-order chi connectivity index (χ1) is 10.6. The summed E-state index contributed by atoms with van der Waals surface area (Å²) in [6, 6.07) is 15.1. The van der Waals surface area contributed by atoms with Crippen LogP contribution in [0.25, 0.3) is 0 Å². The highest BCUT2D eigenvalue weighted by Crippen LogP contribution is 2.16. The molecule has 1 atom stereocenters. The normalized spacial score (nSPS) is 11.8. The summed E-state index contributed by atoms with van der Waals surface area (Å²) in [5.74, 6) is 0.563. The lowest BCUT2D eigenvalue weighted by Crippen LogP contribution is -2.37. The smallest absolute Gasteiger partial charge is 0.261 e. The number of benzene rings is 2. The average Bonchev–Trinajstić information content (AvgIpc) is 2.53. The molecule has 2 aromatic carbocycles. The molecule has 0 spiro atoms. The molecular formula is C18H20ClNO2. The molecule has 2 aromatic rings. The molecule has 0 heterocycles. The summed E-state index contributed by atoms with van der Waals surface area (Å²) in [5.41, 5.74) is 2.05. The van der Waals surface area contributed by atoms with E-state index in [2.05, 4.69) is 5.32 Å². The Kier molecular flexibility index (Phi) is 5.84. The molecule has 0 saturated heterocycles. The maximum atomic E-state index is 12.3. The molecule has 3 nitrogen and oxygen atoms in total. The van der Waals surface area contributed by atoms with E-state index >= 15 is 0 Å². The number of rotatable bonds is 6. The van der Waals surface area contributed by atoms with Gasteiger partial charge in [-0.05, 0) is 37.1 Å². The fourth-order valence-corrected chi connectivity index (χ4v) is 2.24. The van der Waals surface area contributed by atoms with Crippen molar-refractivity contribution in [3.05, 3.63) is 64.7 Å². The summed E-state index contributed by atoms with van der Waals surface area (Å²) in [5, 5.41) is 3.52. The van der Waals surface area contributed by atoms with Gasteiger partial charge in [0.25, 0.3) is 5.91 Å². The lowest BCUT2D eigenvalue weighted by Gasteiger charge is -2.17. The number of amides is 1. The number of hydrogen-bond acceptors (Lipinski definition) is 2. The van der Waals surface area contributed by atoms with Crippen LogP contribution in [0.1, 0.15) is 24.5 Å². The van der Waals surface area contributed by atoms with Crippen molar-refractivity contribution >= 4 is 17.5 Å². The predicted octanol–water partition coefficient (Wildman–Crippen LogP) is 4.12. The summed E-state index contributed by atoms with van der Waals surface area (Å²) in [4.78, 5) is 12.3. The predicted molar refractivity (Wildman–Crippen MR) is 89.2 cm³/mol. The largest absolute Gasteiger partial charge is 0.481 e. The Hall–Kier alpha value is -2.00. The molecule has 0 aliphatic carbocycles. The Balaban J connectivity index is 1.94. The summed E-state index contributed by atoms with van der Waals surface area (Å²) in [6.07, 6.45) is 0.0904. The summed E-state index contributed by atoms with van der Waals surface area (Å²) >= 11 is 6.08. The maximum absolute atomic E-state index is 12.3. The molecule has 0 saturated carbocycles. The van der Waals surface area contributed by atoms with Crippen LogP contribution in [-0.4, -0.2) is 12.0 Å². The molecular weight excluding hydrogens is 298 g/mol. The van der Waals surface area contributed by atoms with Crippen LogP contribution in [0.3, 0.4) is 0 Å². The molecule has 1 N–H and O–H groups in total. The minimum Gasteiger partial charge on any atom is -0.481 e. The van der Waals surface area contributed by atoms with Gasteiger partial charge in [-0.3, -0.25) is 4.79 Å². The Morgan fingerprint density at radius 3 is 2.50 bits per heavy atom. The molecule has 22 heavy (non-hydrogen) atoms. The SMILES string of the molecule is CC[C@@H](Oc1ccc(C)cc1)C(=O)NCc1ccccc1Cl. The molecule has 0 fully saturated rings. The first kappa shape index (κ1) is 16.4. The van der Waals surface area contributed by atoms with Crippen LogP contribution in [0.4, 0.5) is 0 Å². The zero-order chi connectivity index (χ0) is 15.9. The van der Waals surface area contributed by atoms with Gasteiger partial charge in [0.15, 0.2) is 6.10 Å². The van der Waals surface area contributed by atoms with Crippen LogP contribution in [0, 0.1) is 6.92 Å². The zero-order valence-corrected chi connectivity index (χ0v) is 13.6. The van der Waals surface area contributed by atoms with Gasteiger partial charge in [0, 0.05) is 11.6 Å². The van der Waals surface area contributed by atoms with E-state index in [1.807, 2.05) is 62.4 Å². The van der Waals surface area contributed by atoms with Crippen molar-refractivity contribution in [1.29, 1.82) is 0 Å². The van der Waals surface area contributed by atoms with Gasteiger partial charge in [-0.25, -0.2) is 0 Å². The van der Waals surface area contributed by atoms with Crippen LogP contribution in [-0.2, 0) is 11.3 Å². The van der Waals surface area contributed by atoms with Crippen molar-refractivity contribution in [1.82, 2.24) is 5.32 Å². The monoisotopic (exact) mass is 317 g/mol. The molecule has 1 amide bonds. The van der Waals surface area contributed by atoms with Crippen LogP contribution in [0.15, 0.2) is 48.5 Å². The summed E-state index contributed by atoms with van der Waals surface area (Å²) in [6.45, 7) is 4.33. The Morgan fingerprint density at radius 1 is 1.18 bits per heavy atom. The van der Waals surface area contributed by atoms with Gasteiger partial charge < -0.3 is 10.1 Å². The topological polar surface area (TPSA) is 38.3 Å². The maximum Gasteiger partial charge on any atom is 0.261 e. The second-order valence-corrected chi connectivity index (χ2v) is 5.54. The van der Waals surface area contributed by atoms with E-state index in [0.29, 0.717) is 23.7 Å². The van der Waals surface area contributed by atoms with E-state index in [4.69, 9.17) is 16.3 Å². The zero-order valence-electron chi connectivity index (χ0n) is 12.8. The molecule has 0 unspecified atom stereocenters. The van der Waals surface area contributed by atoms with E-state index in [9.17, 15) is 4.79 Å². The number of halogens is 1. The number of nitrogens with one attached hydrogen (secondary N) is 1. The molecule has 0 aromatic heterocycles. The van der Waals surface area contributed by atoms with E-state index in [-0.39, 0.29) is 5.91 Å². The van der Waals surface area contributed by atoms with Crippen molar-refractivity contribution in [3.8, 4) is 5.75 Å². The van der Waals surface area contributed by atoms with E-state index < -0.39 is 6.10 Å². The molecule has 2 rings (SSSR count). The van der Waals surface area contributed by atoms with Gasteiger partial charge in [-0.15, -0.1) is 0 Å². The second-order valence-electron chi connectivity index (χ2n) is 5.14. The molecule has 116 valence electrons. The van der Waals surface area contributed by atoms with E-state index in [1.165, 1.54) is 0 Å². The van der Waals surface area contributed by atoms with Crippen molar-refractivity contribution in [3.63, 3.8) is 0 Å². The van der Waals surface area contributed by atoms with Gasteiger partial charge in [0.1, 0.15) is 5.75 Å². The minimum atomic E-state index is -0.509. The standard InChI is InChI=1S/C18H20ClNO2/c1-3-17(22-15-10-8-13(2)9-11-15)18(21)20-12-14-6-4-5-7-16(14)19/h4-11,17H,3,12H2,1-2H3,(H,20,21)/t17-/m1/s1. The summed E-state index contributed by atoms with van der Waals surface area (Å²) in [7, 11) is 0. The van der Waals surface area contributed by atoms with Gasteiger partial charge in [-0.2, -0.15) is 0 Å². The van der Waals surface area contributed by atoms with Gasteiger partial charge in [0.2, 0.25) is 0 Å².